The minimum Gasteiger partial charge on any atom is -0.348 e. The van der Waals surface area contributed by atoms with E-state index in [0.29, 0.717) is 6.04 Å². The lowest BCUT2D eigenvalue weighted by atomic mass is 9.96. The monoisotopic (exact) mass is 281 g/mol. The zero-order chi connectivity index (χ0) is 13.8. The number of rotatable bonds is 5. The zero-order valence-electron chi connectivity index (χ0n) is 12.7. The van der Waals surface area contributed by atoms with Gasteiger partial charge in [-0.25, -0.2) is 4.98 Å². The first-order chi connectivity index (χ1) is 9.10. The molecule has 1 aromatic rings. The highest BCUT2D eigenvalue weighted by Gasteiger charge is 2.21. The molecule has 1 aliphatic heterocycles. The van der Waals surface area contributed by atoms with Gasteiger partial charge in [-0.1, -0.05) is 27.2 Å². The van der Waals surface area contributed by atoms with Crippen molar-refractivity contribution in [3.05, 3.63) is 10.6 Å². The molecule has 108 valence electrons. The van der Waals surface area contributed by atoms with Crippen LogP contribution in [0.2, 0.25) is 0 Å². The van der Waals surface area contributed by atoms with E-state index in [2.05, 4.69) is 37.9 Å². The summed E-state index contributed by atoms with van der Waals surface area (Å²) < 4.78 is 0. The van der Waals surface area contributed by atoms with E-state index in [1.54, 1.807) is 0 Å². The number of piperidine rings is 1. The number of anilines is 1. The summed E-state index contributed by atoms with van der Waals surface area (Å²) in [6, 6.07) is 0.532. The third-order valence-corrected chi connectivity index (χ3v) is 5.14. The van der Waals surface area contributed by atoms with Crippen LogP contribution in [0.15, 0.2) is 0 Å². The van der Waals surface area contributed by atoms with Crippen LogP contribution in [0.25, 0.3) is 0 Å². The van der Waals surface area contributed by atoms with E-state index in [1.807, 2.05) is 11.3 Å². The van der Waals surface area contributed by atoms with Crippen molar-refractivity contribution < 1.29 is 0 Å². The van der Waals surface area contributed by atoms with Crippen molar-refractivity contribution >= 4 is 16.5 Å². The molecule has 3 nitrogen and oxygen atoms in total. The molecule has 0 spiro atoms. The summed E-state index contributed by atoms with van der Waals surface area (Å²) in [6.07, 6.45) is 4.00. The van der Waals surface area contributed by atoms with Gasteiger partial charge in [0.05, 0.1) is 5.69 Å². The Morgan fingerprint density at radius 1 is 1.47 bits per heavy atom. The Morgan fingerprint density at radius 3 is 2.95 bits per heavy atom. The average Bonchev–Trinajstić information content (AvgIpc) is 2.78. The molecule has 2 heterocycles. The summed E-state index contributed by atoms with van der Waals surface area (Å²) in [7, 11) is 0. The predicted molar refractivity (Wildman–Crippen MR) is 84.1 cm³/mol. The van der Waals surface area contributed by atoms with Crippen molar-refractivity contribution in [3.8, 4) is 0 Å². The number of hydrogen-bond donors (Lipinski definition) is 1. The maximum Gasteiger partial charge on any atom is 0.185 e. The maximum absolute atomic E-state index is 4.79. The fraction of sp³-hybridized carbons (Fsp3) is 0.800. The second-order valence-corrected chi connectivity index (χ2v) is 6.97. The molecule has 1 saturated heterocycles. The minimum absolute atomic E-state index is 0.532. The molecule has 2 rings (SSSR count). The number of nitrogens with zero attached hydrogens (tertiary/aromatic N) is 2. The summed E-state index contributed by atoms with van der Waals surface area (Å²) >= 11 is 1.87. The number of hydrogen-bond acceptors (Lipinski definition) is 4. The second-order valence-electron chi connectivity index (χ2n) is 5.90. The van der Waals surface area contributed by atoms with Crippen molar-refractivity contribution in [1.29, 1.82) is 0 Å². The maximum atomic E-state index is 4.79. The first-order valence-corrected chi connectivity index (χ1v) is 8.36. The summed E-state index contributed by atoms with van der Waals surface area (Å²) in [6.45, 7) is 12.1. The summed E-state index contributed by atoms with van der Waals surface area (Å²) in [5.41, 5.74) is 1.20. The standard InChI is InChI=1S/C15H27N3S/c1-5-13-7-6-8-18(10-13)15-17-12(4)14(19-15)9-16-11(2)3/h11,13,16H,5-10H2,1-4H3. The summed E-state index contributed by atoms with van der Waals surface area (Å²) in [5, 5.41) is 4.72. The van der Waals surface area contributed by atoms with Crippen LogP contribution in [-0.2, 0) is 6.54 Å². The third kappa shape index (κ3) is 3.93. The van der Waals surface area contributed by atoms with Crippen LogP contribution in [0.3, 0.4) is 0 Å². The normalized spacial score (nSPS) is 20.3. The van der Waals surface area contributed by atoms with Crippen molar-refractivity contribution in [1.82, 2.24) is 10.3 Å². The molecular weight excluding hydrogens is 254 g/mol. The van der Waals surface area contributed by atoms with Gasteiger partial charge in [0.25, 0.3) is 0 Å². The van der Waals surface area contributed by atoms with Crippen molar-refractivity contribution in [2.75, 3.05) is 18.0 Å². The van der Waals surface area contributed by atoms with Gasteiger partial charge in [0.1, 0.15) is 0 Å². The fourth-order valence-electron chi connectivity index (χ4n) is 2.58. The Kier molecular flexibility index (Phi) is 5.22. The van der Waals surface area contributed by atoms with Crippen LogP contribution < -0.4 is 10.2 Å². The van der Waals surface area contributed by atoms with E-state index in [-0.39, 0.29) is 0 Å². The molecule has 0 aromatic carbocycles. The fourth-order valence-corrected chi connectivity index (χ4v) is 3.63. The molecule has 1 unspecified atom stereocenters. The summed E-state index contributed by atoms with van der Waals surface area (Å²) in [5.74, 6) is 0.857. The number of aryl methyl sites for hydroxylation is 1. The number of nitrogens with one attached hydrogen (secondary N) is 1. The van der Waals surface area contributed by atoms with Crippen molar-refractivity contribution in [2.24, 2.45) is 5.92 Å². The van der Waals surface area contributed by atoms with Crippen molar-refractivity contribution in [2.45, 2.75) is 59.5 Å². The van der Waals surface area contributed by atoms with Crippen LogP contribution >= 0.6 is 11.3 Å². The first kappa shape index (κ1) is 14.8. The Balaban J connectivity index is 2.02. The van der Waals surface area contributed by atoms with Crippen LogP contribution in [0.1, 0.15) is 50.6 Å². The van der Waals surface area contributed by atoms with E-state index >= 15 is 0 Å². The van der Waals surface area contributed by atoms with E-state index in [1.165, 1.54) is 48.1 Å². The van der Waals surface area contributed by atoms with Gasteiger partial charge in [0.2, 0.25) is 0 Å². The lowest BCUT2D eigenvalue weighted by Crippen LogP contribution is -2.35. The van der Waals surface area contributed by atoms with E-state index < -0.39 is 0 Å². The molecule has 1 atom stereocenters. The molecule has 0 radical (unpaired) electrons. The lowest BCUT2D eigenvalue weighted by Gasteiger charge is -2.31. The van der Waals surface area contributed by atoms with Gasteiger partial charge in [-0.05, 0) is 25.7 Å². The van der Waals surface area contributed by atoms with Crippen molar-refractivity contribution in [3.63, 3.8) is 0 Å². The van der Waals surface area contributed by atoms with Crippen LogP contribution in [-0.4, -0.2) is 24.1 Å². The Bertz CT molecular complexity index is 400. The molecule has 4 heteroatoms. The van der Waals surface area contributed by atoms with Gasteiger partial charge in [-0.3, -0.25) is 0 Å². The Morgan fingerprint density at radius 2 is 2.26 bits per heavy atom. The molecule has 0 bridgehead atoms. The van der Waals surface area contributed by atoms with Gasteiger partial charge in [0, 0.05) is 30.6 Å². The van der Waals surface area contributed by atoms with Gasteiger partial charge in [-0.2, -0.15) is 0 Å². The highest BCUT2D eigenvalue weighted by molar-refractivity contribution is 7.15. The molecular formula is C15H27N3S. The largest absolute Gasteiger partial charge is 0.348 e. The SMILES string of the molecule is CCC1CCCN(c2nc(C)c(CNC(C)C)s2)C1. The smallest absolute Gasteiger partial charge is 0.185 e. The topological polar surface area (TPSA) is 28.2 Å². The quantitative estimate of drug-likeness (QED) is 0.894. The van der Waals surface area contributed by atoms with Crippen LogP contribution in [0, 0.1) is 12.8 Å². The lowest BCUT2D eigenvalue weighted by molar-refractivity contribution is 0.404. The molecule has 1 aliphatic rings. The van der Waals surface area contributed by atoms with E-state index in [0.717, 1.165) is 12.5 Å². The molecule has 0 saturated carbocycles. The molecule has 1 aromatic heterocycles. The van der Waals surface area contributed by atoms with Gasteiger partial charge >= 0.3 is 0 Å². The predicted octanol–water partition coefficient (Wildman–Crippen LogP) is 3.58. The van der Waals surface area contributed by atoms with Crippen LogP contribution in [0.5, 0.6) is 0 Å². The molecule has 1 N–H and O–H groups in total. The van der Waals surface area contributed by atoms with Gasteiger partial charge < -0.3 is 10.2 Å². The molecule has 19 heavy (non-hydrogen) atoms. The Labute approximate surface area is 121 Å². The zero-order valence-corrected chi connectivity index (χ0v) is 13.5. The number of aromatic nitrogens is 1. The highest BCUT2D eigenvalue weighted by Crippen LogP contribution is 2.30. The van der Waals surface area contributed by atoms with Crippen LogP contribution in [0.4, 0.5) is 5.13 Å². The van der Waals surface area contributed by atoms with Gasteiger partial charge in [-0.15, -0.1) is 11.3 Å². The first-order valence-electron chi connectivity index (χ1n) is 7.54. The Hall–Kier alpha value is -0.610. The third-order valence-electron chi connectivity index (χ3n) is 3.92. The molecule has 1 fully saturated rings. The van der Waals surface area contributed by atoms with E-state index in [4.69, 9.17) is 4.98 Å². The van der Waals surface area contributed by atoms with E-state index in [9.17, 15) is 0 Å². The molecule has 0 amide bonds. The second kappa shape index (κ2) is 6.71. The summed E-state index contributed by atoms with van der Waals surface area (Å²) in [4.78, 5) is 8.67. The minimum atomic E-state index is 0.532. The highest BCUT2D eigenvalue weighted by atomic mass is 32.1. The van der Waals surface area contributed by atoms with Gasteiger partial charge in [0.15, 0.2) is 5.13 Å². The number of thiazole rings is 1. The average molecular weight is 281 g/mol. The molecule has 0 aliphatic carbocycles.